The number of rotatable bonds is 7. The van der Waals surface area contributed by atoms with Gasteiger partial charge in [-0.2, -0.15) is 0 Å². The highest BCUT2D eigenvalue weighted by atomic mass is 35.5. The van der Waals surface area contributed by atoms with E-state index in [4.69, 9.17) is 4.74 Å². The first-order valence-electron chi connectivity index (χ1n) is 7.50. The van der Waals surface area contributed by atoms with Crippen LogP contribution < -0.4 is 17.1 Å². The van der Waals surface area contributed by atoms with Crippen LogP contribution in [0.5, 0.6) is 5.75 Å². The number of halogens is 1. The standard InChI is InChI=1S/C18H25NO.ClH/c1-4-5-8-16-12-11-15-9-6-7-10-17(15)18(16)20-14-13-19(2)3;/h6-7,9-12H,4-5,8,13-14H2,1-3H3;1H/p-1. The van der Waals surface area contributed by atoms with Gasteiger partial charge in [0.25, 0.3) is 0 Å². The maximum Gasteiger partial charge on any atom is 0.130 e. The predicted octanol–water partition coefficient (Wildman–Crippen LogP) is 1.13. The fourth-order valence-corrected chi connectivity index (χ4v) is 2.35. The van der Waals surface area contributed by atoms with Gasteiger partial charge in [-0.1, -0.05) is 49.7 Å². The van der Waals surface area contributed by atoms with Gasteiger partial charge in [0.05, 0.1) is 0 Å². The van der Waals surface area contributed by atoms with Crippen LogP contribution in [0.1, 0.15) is 25.3 Å². The van der Waals surface area contributed by atoms with Crippen LogP contribution in [0.15, 0.2) is 36.4 Å². The third kappa shape index (κ3) is 4.90. The zero-order chi connectivity index (χ0) is 14.4. The molecule has 2 rings (SSSR count). The molecule has 3 heteroatoms. The van der Waals surface area contributed by atoms with Gasteiger partial charge in [-0.25, -0.2) is 0 Å². The molecule has 21 heavy (non-hydrogen) atoms. The monoisotopic (exact) mass is 306 g/mol. The Morgan fingerprint density at radius 1 is 1.05 bits per heavy atom. The summed E-state index contributed by atoms with van der Waals surface area (Å²) in [6.45, 7) is 3.91. The minimum absolute atomic E-state index is 0. The molecule has 0 aromatic heterocycles. The molecule has 0 saturated heterocycles. The fourth-order valence-electron chi connectivity index (χ4n) is 2.35. The topological polar surface area (TPSA) is 12.5 Å². The molecule has 2 aromatic rings. The maximum atomic E-state index is 6.12. The van der Waals surface area contributed by atoms with Gasteiger partial charge in [-0.15, -0.1) is 0 Å². The van der Waals surface area contributed by atoms with Gasteiger partial charge < -0.3 is 22.0 Å². The third-order valence-corrected chi connectivity index (χ3v) is 3.55. The van der Waals surface area contributed by atoms with E-state index in [1.807, 2.05) is 0 Å². The van der Waals surface area contributed by atoms with Crippen LogP contribution in [0.4, 0.5) is 0 Å². The summed E-state index contributed by atoms with van der Waals surface area (Å²) < 4.78 is 6.12. The lowest BCUT2D eigenvalue weighted by molar-refractivity contribution is -0.00000469. The number of nitrogens with zero attached hydrogens (tertiary/aromatic N) is 1. The molecule has 0 amide bonds. The summed E-state index contributed by atoms with van der Waals surface area (Å²) in [6.07, 6.45) is 3.52. The molecule has 2 aromatic carbocycles. The molecule has 0 aliphatic heterocycles. The first kappa shape index (κ1) is 17.8. The molecule has 0 saturated carbocycles. The molecule has 0 N–H and O–H groups in total. The van der Waals surface area contributed by atoms with Crippen LogP contribution in [0.3, 0.4) is 0 Å². The molecule has 0 aliphatic carbocycles. The Labute approximate surface area is 134 Å². The molecule has 0 atom stereocenters. The summed E-state index contributed by atoms with van der Waals surface area (Å²) in [6, 6.07) is 12.9. The Bertz CT molecular complexity index is 554. The van der Waals surface area contributed by atoms with Gasteiger partial charge in [-0.05, 0) is 37.9 Å². The maximum absolute atomic E-state index is 6.12. The van der Waals surface area contributed by atoms with Crippen molar-refractivity contribution in [3.8, 4) is 5.75 Å². The lowest BCUT2D eigenvalue weighted by atomic mass is 10.0. The number of unbranched alkanes of at least 4 members (excludes halogenated alkanes) is 1. The van der Waals surface area contributed by atoms with Gasteiger partial charge in [0, 0.05) is 11.9 Å². The van der Waals surface area contributed by atoms with Crippen molar-refractivity contribution in [2.45, 2.75) is 26.2 Å². The lowest BCUT2D eigenvalue weighted by Crippen LogP contribution is -3.00. The van der Waals surface area contributed by atoms with Gasteiger partial charge >= 0.3 is 0 Å². The van der Waals surface area contributed by atoms with Crippen molar-refractivity contribution in [3.05, 3.63) is 42.0 Å². The van der Waals surface area contributed by atoms with Gasteiger partial charge in [0.1, 0.15) is 12.4 Å². The Hall–Kier alpha value is -1.25. The van der Waals surface area contributed by atoms with Crippen LogP contribution in [-0.2, 0) is 6.42 Å². The van der Waals surface area contributed by atoms with Crippen LogP contribution in [0.25, 0.3) is 10.8 Å². The number of fused-ring (bicyclic) bond motifs is 1. The summed E-state index contributed by atoms with van der Waals surface area (Å²) in [5, 5.41) is 2.49. The normalized spacial score (nSPS) is 10.7. The molecular formula is C18H25ClNO-. The first-order valence-corrected chi connectivity index (χ1v) is 7.50. The van der Waals surface area contributed by atoms with Crippen molar-refractivity contribution in [1.82, 2.24) is 4.90 Å². The number of benzene rings is 2. The largest absolute Gasteiger partial charge is 1.00 e. The van der Waals surface area contributed by atoms with Crippen molar-refractivity contribution < 1.29 is 17.1 Å². The minimum Gasteiger partial charge on any atom is -1.00 e. The molecule has 0 aliphatic rings. The van der Waals surface area contributed by atoms with Crippen molar-refractivity contribution in [1.29, 1.82) is 0 Å². The number of aryl methyl sites for hydroxylation is 1. The predicted molar refractivity (Wildman–Crippen MR) is 86.6 cm³/mol. The second-order valence-corrected chi connectivity index (χ2v) is 5.53. The Balaban J connectivity index is 0.00000220. The van der Waals surface area contributed by atoms with E-state index < -0.39 is 0 Å². The van der Waals surface area contributed by atoms with Crippen molar-refractivity contribution >= 4 is 10.8 Å². The number of hydrogen-bond donors (Lipinski definition) is 0. The molecule has 116 valence electrons. The molecule has 0 bridgehead atoms. The van der Waals surface area contributed by atoms with E-state index in [1.54, 1.807) is 0 Å². The molecule has 0 fully saturated rings. The zero-order valence-electron chi connectivity index (χ0n) is 13.2. The van der Waals surface area contributed by atoms with Crippen molar-refractivity contribution in [2.24, 2.45) is 0 Å². The number of ether oxygens (including phenoxy) is 1. The summed E-state index contributed by atoms with van der Waals surface area (Å²) in [7, 11) is 4.15. The Morgan fingerprint density at radius 3 is 2.52 bits per heavy atom. The van der Waals surface area contributed by atoms with Crippen molar-refractivity contribution in [2.75, 3.05) is 27.2 Å². The van der Waals surface area contributed by atoms with Crippen molar-refractivity contribution in [3.63, 3.8) is 0 Å². The van der Waals surface area contributed by atoms with Crippen LogP contribution in [-0.4, -0.2) is 32.1 Å². The quantitative estimate of drug-likeness (QED) is 0.760. The van der Waals surface area contributed by atoms with E-state index in [0.717, 1.165) is 25.3 Å². The van der Waals surface area contributed by atoms with Gasteiger partial charge in [0.15, 0.2) is 0 Å². The Kier molecular flexibility index (Phi) is 7.55. The molecule has 0 heterocycles. The van der Waals surface area contributed by atoms with Gasteiger partial charge in [0.2, 0.25) is 0 Å². The van der Waals surface area contributed by atoms with Crippen LogP contribution in [0, 0.1) is 0 Å². The second kappa shape index (κ2) is 8.91. The molecular weight excluding hydrogens is 282 g/mol. The highest BCUT2D eigenvalue weighted by molar-refractivity contribution is 5.89. The van der Waals surface area contributed by atoms with Crippen LogP contribution >= 0.6 is 0 Å². The van der Waals surface area contributed by atoms with E-state index in [-0.39, 0.29) is 12.4 Å². The number of hydrogen-bond acceptors (Lipinski definition) is 2. The fraction of sp³-hybridized carbons (Fsp3) is 0.444. The molecule has 0 spiro atoms. The lowest BCUT2D eigenvalue weighted by Gasteiger charge is -2.16. The average molecular weight is 307 g/mol. The van der Waals surface area contributed by atoms with E-state index in [2.05, 4.69) is 62.3 Å². The summed E-state index contributed by atoms with van der Waals surface area (Å²) in [5.41, 5.74) is 1.34. The van der Waals surface area contributed by atoms with E-state index in [0.29, 0.717) is 0 Å². The van der Waals surface area contributed by atoms with E-state index >= 15 is 0 Å². The summed E-state index contributed by atoms with van der Waals surface area (Å²) >= 11 is 0. The van der Waals surface area contributed by atoms with Gasteiger partial charge in [-0.3, -0.25) is 0 Å². The second-order valence-electron chi connectivity index (χ2n) is 5.53. The number of likely N-dealkylation sites (N-methyl/N-ethyl adjacent to an activating group) is 1. The molecule has 0 radical (unpaired) electrons. The first-order chi connectivity index (χ1) is 9.72. The van der Waals surface area contributed by atoms with E-state index in [9.17, 15) is 0 Å². The smallest absolute Gasteiger partial charge is 0.130 e. The zero-order valence-corrected chi connectivity index (χ0v) is 14.0. The molecule has 2 nitrogen and oxygen atoms in total. The van der Waals surface area contributed by atoms with E-state index in [1.165, 1.54) is 29.2 Å². The SMILES string of the molecule is CCCCc1ccc2ccccc2c1OCCN(C)C.[Cl-]. The third-order valence-electron chi connectivity index (χ3n) is 3.55. The Morgan fingerprint density at radius 2 is 1.81 bits per heavy atom. The summed E-state index contributed by atoms with van der Waals surface area (Å²) in [4.78, 5) is 2.15. The van der Waals surface area contributed by atoms with Crippen LogP contribution in [0.2, 0.25) is 0 Å². The molecule has 0 unspecified atom stereocenters. The minimum atomic E-state index is 0. The average Bonchev–Trinajstić information content (AvgIpc) is 2.45. The highest BCUT2D eigenvalue weighted by Crippen LogP contribution is 2.31. The summed E-state index contributed by atoms with van der Waals surface area (Å²) in [5.74, 6) is 1.08. The highest BCUT2D eigenvalue weighted by Gasteiger charge is 2.08.